The fourth-order valence-corrected chi connectivity index (χ4v) is 4.96. The van der Waals surface area contributed by atoms with Gasteiger partial charge in [0.25, 0.3) is 0 Å². The molecule has 39 heavy (non-hydrogen) atoms. The highest BCUT2D eigenvalue weighted by atomic mass is 35.5. The molecule has 2 heterocycles. The Balaban J connectivity index is 1.40. The van der Waals surface area contributed by atoms with Gasteiger partial charge in [0.2, 0.25) is 5.91 Å². The number of hydrogen-bond acceptors (Lipinski definition) is 7. The van der Waals surface area contributed by atoms with Crippen LogP contribution in [0, 0.1) is 5.82 Å². The molecule has 1 aliphatic heterocycles. The van der Waals surface area contributed by atoms with E-state index < -0.39 is 5.82 Å². The number of rotatable bonds is 12. The molecule has 1 atom stereocenters. The molecule has 0 spiro atoms. The maximum Gasteiger partial charge on any atom is 0.246 e. The predicted molar refractivity (Wildman–Crippen MR) is 153 cm³/mol. The molecule has 2 aromatic carbocycles. The zero-order valence-corrected chi connectivity index (χ0v) is 23.4. The van der Waals surface area contributed by atoms with E-state index in [0.29, 0.717) is 48.2 Å². The van der Waals surface area contributed by atoms with Crippen LogP contribution in [-0.4, -0.2) is 71.6 Å². The van der Waals surface area contributed by atoms with Crippen molar-refractivity contribution in [3.8, 4) is 11.5 Å². The molecule has 1 saturated heterocycles. The van der Waals surface area contributed by atoms with Crippen LogP contribution in [0.5, 0.6) is 11.5 Å². The predicted octanol–water partition coefficient (Wildman–Crippen LogP) is 5.83. The number of nitrogens with zero attached hydrogens (tertiary/aromatic N) is 4. The number of fused-ring (bicyclic) bond motifs is 1. The van der Waals surface area contributed by atoms with Gasteiger partial charge in [0, 0.05) is 48.9 Å². The smallest absolute Gasteiger partial charge is 0.246 e. The summed E-state index contributed by atoms with van der Waals surface area (Å²) in [6.07, 6.45) is 8.20. The van der Waals surface area contributed by atoms with E-state index >= 15 is 0 Å². The number of methoxy groups -OCH3 is 1. The number of amides is 1. The number of hydrogen-bond donors (Lipinski definition) is 1. The van der Waals surface area contributed by atoms with Crippen LogP contribution < -0.4 is 14.8 Å². The van der Waals surface area contributed by atoms with Gasteiger partial charge in [-0.05, 0) is 63.9 Å². The van der Waals surface area contributed by atoms with Crippen LogP contribution >= 0.6 is 11.6 Å². The summed E-state index contributed by atoms with van der Waals surface area (Å²) >= 11 is 5.94. The Bertz CT molecular complexity index is 1320. The molecule has 208 valence electrons. The molecule has 3 aromatic rings. The lowest BCUT2D eigenvalue weighted by Gasteiger charge is -2.22. The van der Waals surface area contributed by atoms with Gasteiger partial charge in [-0.1, -0.05) is 17.7 Å². The summed E-state index contributed by atoms with van der Waals surface area (Å²) in [7, 11) is 1.59. The molecule has 0 bridgehead atoms. The Hall–Kier alpha value is -3.43. The number of likely N-dealkylation sites (tertiary alicyclic amines) is 1. The minimum atomic E-state index is -0.487. The van der Waals surface area contributed by atoms with E-state index in [9.17, 15) is 9.18 Å². The first-order chi connectivity index (χ1) is 18.9. The Kier molecular flexibility index (Phi) is 9.95. The quantitative estimate of drug-likeness (QED) is 0.222. The van der Waals surface area contributed by atoms with Crippen molar-refractivity contribution >= 4 is 39.9 Å². The number of anilines is 2. The second-order valence-corrected chi connectivity index (χ2v) is 9.72. The number of halogens is 2. The molecule has 0 aliphatic carbocycles. The molecule has 1 amide bonds. The second-order valence-electron chi connectivity index (χ2n) is 9.31. The molecule has 8 nitrogen and oxygen atoms in total. The van der Waals surface area contributed by atoms with Crippen molar-refractivity contribution in [1.82, 2.24) is 19.8 Å². The standard InChI is InChI=1S/C29H35ClFN5O3/c1-4-35(5-2)28(37)12-10-21-8-6-13-36(21)14-7-15-39-27-17-22-25(18-26(27)38-3)32-19-33-29(22)34-20-9-11-24(31)23(30)16-20/h9-12,16-19,21H,4-8,13-15H2,1-3H3,(H,32,33,34)/b12-10+/t21-/m0/s1. The van der Waals surface area contributed by atoms with Crippen LogP contribution in [0.4, 0.5) is 15.9 Å². The van der Waals surface area contributed by atoms with Crippen LogP contribution in [0.15, 0.2) is 48.8 Å². The molecule has 1 aliphatic rings. The van der Waals surface area contributed by atoms with Gasteiger partial charge in [-0.15, -0.1) is 0 Å². The van der Waals surface area contributed by atoms with Crippen molar-refractivity contribution in [3.63, 3.8) is 0 Å². The molecule has 0 radical (unpaired) electrons. The molecule has 4 rings (SSSR count). The second kappa shape index (κ2) is 13.6. The van der Waals surface area contributed by atoms with E-state index in [-0.39, 0.29) is 17.0 Å². The van der Waals surface area contributed by atoms with Gasteiger partial charge >= 0.3 is 0 Å². The van der Waals surface area contributed by atoms with Crippen molar-refractivity contribution in [2.24, 2.45) is 0 Å². The first-order valence-electron chi connectivity index (χ1n) is 13.3. The first-order valence-corrected chi connectivity index (χ1v) is 13.7. The molecule has 0 saturated carbocycles. The van der Waals surface area contributed by atoms with Gasteiger partial charge in [-0.2, -0.15) is 0 Å². The monoisotopic (exact) mass is 555 g/mol. The SMILES string of the molecule is CCN(CC)C(=O)/C=C/[C@@H]1CCCN1CCCOc1cc2c(Nc3ccc(F)c(Cl)c3)ncnc2cc1OC. The molecule has 0 unspecified atom stereocenters. The third-order valence-electron chi connectivity index (χ3n) is 6.90. The number of carbonyl (C=O) groups is 1. The summed E-state index contributed by atoms with van der Waals surface area (Å²) in [5, 5.41) is 3.94. The van der Waals surface area contributed by atoms with Gasteiger partial charge in [0.1, 0.15) is 18.0 Å². The minimum absolute atomic E-state index is 0.0234. The van der Waals surface area contributed by atoms with Gasteiger partial charge in [0.05, 0.1) is 24.3 Å². The largest absolute Gasteiger partial charge is 0.493 e. The third kappa shape index (κ3) is 7.16. The van der Waals surface area contributed by atoms with E-state index in [1.54, 1.807) is 19.3 Å². The Morgan fingerprint density at radius 3 is 2.79 bits per heavy atom. The number of ether oxygens (including phenoxy) is 2. The number of aromatic nitrogens is 2. The fraction of sp³-hybridized carbons (Fsp3) is 0.414. The molecule has 1 N–H and O–H groups in total. The van der Waals surface area contributed by atoms with Crippen molar-refractivity contribution in [1.29, 1.82) is 0 Å². The number of likely N-dealkylation sites (N-methyl/N-ethyl adjacent to an activating group) is 1. The van der Waals surface area contributed by atoms with Crippen LogP contribution in [0.2, 0.25) is 5.02 Å². The Labute approximate surface area is 233 Å². The van der Waals surface area contributed by atoms with Crippen LogP contribution in [-0.2, 0) is 4.79 Å². The lowest BCUT2D eigenvalue weighted by molar-refractivity contribution is -0.125. The highest BCUT2D eigenvalue weighted by molar-refractivity contribution is 6.31. The summed E-state index contributed by atoms with van der Waals surface area (Å²) in [6.45, 7) is 7.79. The fourth-order valence-electron chi connectivity index (χ4n) is 4.78. The lowest BCUT2D eigenvalue weighted by atomic mass is 10.2. The van der Waals surface area contributed by atoms with E-state index in [4.69, 9.17) is 21.1 Å². The minimum Gasteiger partial charge on any atom is -0.493 e. The Morgan fingerprint density at radius 1 is 1.23 bits per heavy atom. The maximum atomic E-state index is 13.6. The first kappa shape index (κ1) is 28.6. The van der Waals surface area contributed by atoms with E-state index in [2.05, 4.69) is 20.2 Å². The Morgan fingerprint density at radius 2 is 2.05 bits per heavy atom. The molecule has 1 fully saturated rings. The summed E-state index contributed by atoms with van der Waals surface area (Å²) in [4.78, 5) is 25.3. The number of benzene rings is 2. The number of carbonyl (C=O) groups excluding carboxylic acids is 1. The lowest BCUT2D eigenvalue weighted by Crippen LogP contribution is -2.31. The maximum absolute atomic E-state index is 13.6. The van der Waals surface area contributed by atoms with E-state index in [1.807, 2.05) is 37.0 Å². The van der Waals surface area contributed by atoms with E-state index in [1.165, 1.54) is 18.5 Å². The topological polar surface area (TPSA) is 79.8 Å². The van der Waals surface area contributed by atoms with Crippen LogP contribution in [0.3, 0.4) is 0 Å². The summed E-state index contributed by atoms with van der Waals surface area (Å²) < 4.78 is 25.3. The zero-order valence-electron chi connectivity index (χ0n) is 22.6. The summed E-state index contributed by atoms with van der Waals surface area (Å²) in [5.74, 6) is 1.29. The molecular weight excluding hydrogens is 521 g/mol. The van der Waals surface area contributed by atoms with Crippen LogP contribution in [0.1, 0.15) is 33.1 Å². The van der Waals surface area contributed by atoms with Crippen molar-refractivity contribution in [2.75, 3.05) is 45.2 Å². The average molecular weight is 556 g/mol. The van der Waals surface area contributed by atoms with Crippen LogP contribution in [0.25, 0.3) is 10.9 Å². The summed E-state index contributed by atoms with van der Waals surface area (Å²) in [5.41, 5.74) is 1.28. The highest BCUT2D eigenvalue weighted by Crippen LogP contribution is 2.35. The molecule has 10 heteroatoms. The van der Waals surface area contributed by atoms with Gasteiger partial charge < -0.3 is 19.7 Å². The highest BCUT2D eigenvalue weighted by Gasteiger charge is 2.22. The zero-order chi connectivity index (χ0) is 27.8. The van der Waals surface area contributed by atoms with E-state index in [0.717, 1.165) is 37.7 Å². The van der Waals surface area contributed by atoms with Gasteiger partial charge in [-0.3, -0.25) is 9.69 Å². The number of nitrogens with one attached hydrogen (secondary N) is 1. The third-order valence-corrected chi connectivity index (χ3v) is 7.19. The average Bonchev–Trinajstić information content (AvgIpc) is 3.39. The van der Waals surface area contributed by atoms with Gasteiger partial charge in [0.15, 0.2) is 11.5 Å². The normalized spacial score (nSPS) is 15.7. The molecular formula is C29H35ClFN5O3. The van der Waals surface area contributed by atoms with Crippen molar-refractivity contribution < 1.29 is 18.7 Å². The summed E-state index contributed by atoms with van der Waals surface area (Å²) in [6, 6.07) is 8.33. The van der Waals surface area contributed by atoms with Gasteiger partial charge in [-0.25, -0.2) is 14.4 Å². The van der Waals surface area contributed by atoms with Crippen molar-refractivity contribution in [3.05, 3.63) is 59.7 Å². The molecule has 1 aromatic heterocycles. The van der Waals surface area contributed by atoms with Crippen molar-refractivity contribution in [2.45, 2.75) is 39.2 Å².